The van der Waals surface area contributed by atoms with Crippen LogP contribution in [0.4, 0.5) is 4.39 Å². The van der Waals surface area contributed by atoms with Crippen LogP contribution in [-0.2, 0) is 20.3 Å². The van der Waals surface area contributed by atoms with E-state index >= 15 is 0 Å². The fraction of sp³-hybridized carbons (Fsp3) is 0.235. The molecule has 0 aliphatic carbocycles. The molecule has 0 fully saturated rings. The van der Waals surface area contributed by atoms with Gasteiger partial charge in [0, 0.05) is 30.6 Å². The van der Waals surface area contributed by atoms with Crippen LogP contribution in [0, 0.1) is 10.6 Å². The first kappa shape index (κ1) is 16.5. The Morgan fingerprint density at radius 3 is 2.46 bits per heavy atom. The molecule has 24 heavy (non-hydrogen) atoms. The average Bonchev–Trinajstić information content (AvgIpc) is 2.86. The van der Waals surface area contributed by atoms with Gasteiger partial charge in [-0.25, -0.2) is 4.39 Å². The topological polar surface area (TPSA) is 40.1 Å². The highest BCUT2D eigenvalue weighted by Crippen LogP contribution is 2.15. The quantitative estimate of drug-likeness (QED) is 0.718. The zero-order chi connectivity index (χ0) is 17.1. The van der Waals surface area contributed by atoms with E-state index in [4.69, 9.17) is 12.2 Å². The molecule has 1 aromatic carbocycles. The second-order valence-corrected chi connectivity index (χ2v) is 6.18. The number of nitrogens with zero attached hydrogens (tertiary/aromatic N) is 4. The molecule has 3 aromatic rings. The highest BCUT2D eigenvalue weighted by atomic mass is 32.1. The number of nitrogens with one attached hydrogen (secondary N) is 1. The van der Waals surface area contributed by atoms with E-state index in [1.807, 2.05) is 28.4 Å². The zero-order valence-corrected chi connectivity index (χ0v) is 14.4. The Kier molecular flexibility index (Phi) is 4.82. The molecule has 3 rings (SSSR count). The Morgan fingerprint density at radius 1 is 1.12 bits per heavy atom. The van der Waals surface area contributed by atoms with Crippen molar-refractivity contribution in [1.29, 1.82) is 0 Å². The van der Waals surface area contributed by atoms with Crippen LogP contribution in [0.25, 0.3) is 11.4 Å². The van der Waals surface area contributed by atoms with Crippen molar-refractivity contribution in [2.75, 3.05) is 7.05 Å². The van der Waals surface area contributed by atoms with Crippen LogP contribution in [0.1, 0.15) is 5.56 Å². The van der Waals surface area contributed by atoms with E-state index in [1.165, 1.54) is 17.0 Å². The Labute approximate surface area is 145 Å². The number of quaternary nitrogens is 1. The van der Waals surface area contributed by atoms with Crippen LogP contribution in [0.3, 0.4) is 0 Å². The summed E-state index contributed by atoms with van der Waals surface area (Å²) in [6.45, 7) is 1.40. The number of halogens is 1. The second kappa shape index (κ2) is 7.02. The van der Waals surface area contributed by atoms with Crippen molar-refractivity contribution >= 4 is 12.2 Å². The Bertz CT molecular complexity index is 870. The van der Waals surface area contributed by atoms with Crippen molar-refractivity contribution in [1.82, 2.24) is 19.3 Å². The summed E-state index contributed by atoms with van der Waals surface area (Å²) < 4.78 is 17.4. The molecular formula is C17H19FN5S+. The zero-order valence-electron chi connectivity index (χ0n) is 13.6. The van der Waals surface area contributed by atoms with E-state index in [1.54, 1.807) is 24.5 Å². The van der Waals surface area contributed by atoms with Gasteiger partial charge < -0.3 is 9.47 Å². The molecule has 1 unspecified atom stereocenters. The number of rotatable bonds is 5. The largest absolute Gasteiger partial charge is 0.315 e. The lowest BCUT2D eigenvalue weighted by atomic mass is 10.2. The van der Waals surface area contributed by atoms with Crippen molar-refractivity contribution < 1.29 is 9.29 Å². The van der Waals surface area contributed by atoms with Gasteiger partial charge in [0.05, 0.1) is 7.05 Å². The lowest BCUT2D eigenvalue weighted by Crippen LogP contribution is -3.07. The summed E-state index contributed by atoms with van der Waals surface area (Å²) in [7, 11) is 3.98. The molecule has 0 amide bonds. The van der Waals surface area contributed by atoms with Gasteiger partial charge in [-0.1, -0.05) is 12.1 Å². The standard InChI is InChI=1S/C17H18FN5S/c1-21(11-13-3-5-15(18)6-4-13)12-23-17(24)22(2)16(20-23)14-7-9-19-10-8-14/h3-10H,11-12H2,1-2H3/p+1. The summed E-state index contributed by atoms with van der Waals surface area (Å²) in [6.07, 6.45) is 3.48. The molecule has 0 saturated carbocycles. The summed E-state index contributed by atoms with van der Waals surface area (Å²) in [6, 6.07) is 10.4. The maximum Gasteiger partial charge on any atom is 0.202 e. The van der Waals surface area contributed by atoms with Gasteiger partial charge in [-0.15, -0.1) is 5.10 Å². The normalized spacial score (nSPS) is 12.3. The van der Waals surface area contributed by atoms with Gasteiger partial charge in [0.2, 0.25) is 4.77 Å². The van der Waals surface area contributed by atoms with Gasteiger partial charge in [0.25, 0.3) is 0 Å². The Hall–Kier alpha value is -2.38. The van der Waals surface area contributed by atoms with Crippen LogP contribution in [0.5, 0.6) is 0 Å². The monoisotopic (exact) mass is 344 g/mol. The third-order valence-corrected chi connectivity index (χ3v) is 4.30. The minimum absolute atomic E-state index is 0.217. The lowest BCUT2D eigenvalue weighted by molar-refractivity contribution is -0.917. The Morgan fingerprint density at radius 2 is 1.79 bits per heavy atom. The first-order valence-electron chi connectivity index (χ1n) is 7.64. The van der Waals surface area contributed by atoms with Gasteiger partial charge >= 0.3 is 0 Å². The van der Waals surface area contributed by atoms with E-state index in [0.29, 0.717) is 11.4 Å². The van der Waals surface area contributed by atoms with Gasteiger partial charge in [-0.05, 0) is 36.5 Å². The average molecular weight is 344 g/mol. The molecule has 2 aromatic heterocycles. The fourth-order valence-corrected chi connectivity index (χ4v) is 2.80. The van der Waals surface area contributed by atoms with Crippen LogP contribution in [0.15, 0.2) is 48.8 Å². The van der Waals surface area contributed by atoms with Gasteiger partial charge in [0.1, 0.15) is 12.4 Å². The van der Waals surface area contributed by atoms with E-state index in [-0.39, 0.29) is 5.82 Å². The first-order chi connectivity index (χ1) is 11.5. The van der Waals surface area contributed by atoms with Crippen LogP contribution in [-0.4, -0.2) is 26.4 Å². The summed E-state index contributed by atoms with van der Waals surface area (Å²) in [5, 5.41) is 4.64. The molecule has 2 heterocycles. The van der Waals surface area contributed by atoms with Crippen molar-refractivity contribution in [2.24, 2.45) is 7.05 Å². The molecule has 0 radical (unpaired) electrons. The molecule has 0 spiro atoms. The third kappa shape index (κ3) is 3.58. The number of aromatic nitrogens is 4. The molecule has 0 saturated heterocycles. The highest BCUT2D eigenvalue weighted by Gasteiger charge is 2.13. The van der Waals surface area contributed by atoms with Crippen molar-refractivity contribution in [3.05, 3.63) is 64.9 Å². The molecule has 0 bridgehead atoms. The molecule has 124 valence electrons. The van der Waals surface area contributed by atoms with Crippen LogP contribution in [0.2, 0.25) is 0 Å². The SMILES string of the molecule is Cn1c(-c2ccncc2)nn(C[NH+](C)Cc2ccc(F)cc2)c1=S. The smallest absolute Gasteiger partial charge is 0.202 e. The number of hydrogen-bond acceptors (Lipinski definition) is 3. The van der Waals surface area contributed by atoms with E-state index in [2.05, 4.69) is 17.1 Å². The molecule has 7 heteroatoms. The molecule has 1 atom stereocenters. The molecule has 0 aliphatic rings. The number of pyridine rings is 1. The number of hydrogen-bond donors (Lipinski definition) is 1. The van der Waals surface area contributed by atoms with Crippen molar-refractivity contribution in [2.45, 2.75) is 13.2 Å². The predicted octanol–water partition coefficient (Wildman–Crippen LogP) is 1.82. The van der Waals surface area contributed by atoms with Crippen LogP contribution < -0.4 is 4.90 Å². The molecule has 5 nitrogen and oxygen atoms in total. The minimum Gasteiger partial charge on any atom is -0.315 e. The molecular weight excluding hydrogens is 325 g/mol. The third-order valence-electron chi connectivity index (χ3n) is 3.82. The van der Waals surface area contributed by atoms with Crippen molar-refractivity contribution in [3.8, 4) is 11.4 Å². The summed E-state index contributed by atoms with van der Waals surface area (Å²) in [5.74, 6) is 0.599. The van der Waals surface area contributed by atoms with Gasteiger partial charge in [-0.2, -0.15) is 4.68 Å². The maximum atomic E-state index is 13.0. The van der Waals surface area contributed by atoms with E-state index in [9.17, 15) is 4.39 Å². The Balaban J connectivity index is 1.78. The van der Waals surface area contributed by atoms with E-state index < -0.39 is 0 Å². The lowest BCUT2D eigenvalue weighted by Gasteiger charge is -2.13. The molecule has 1 N–H and O–H groups in total. The summed E-state index contributed by atoms with van der Waals surface area (Å²) >= 11 is 5.50. The maximum absolute atomic E-state index is 13.0. The minimum atomic E-state index is -0.217. The molecule has 0 aliphatic heterocycles. The van der Waals surface area contributed by atoms with Crippen LogP contribution >= 0.6 is 12.2 Å². The number of benzene rings is 1. The summed E-state index contributed by atoms with van der Waals surface area (Å²) in [4.78, 5) is 5.24. The van der Waals surface area contributed by atoms with Gasteiger partial charge in [-0.3, -0.25) is 4.98 Å². The van der Waals surface area contributed by atoms with Crippen molar-refractivity contribution in [3.63, 3.8) is 0 Å². The first-order valence-corrected chi connectivity index (χ1v) is 8.05. The van der Waals surface area contributed by atoms with E-state index in [0.717, 1.165) is 23.5 Å². The fourth-order valence-electron chi connectivity index (χ4n) is 2.61. The highest BCUT2D eigenvalue weighted by molar-refractivity contribution is 7.71. The predicted molar refractivity (Wildman–Crippen MR) is 92.3 cm³/mol. The van der Waals surface area contributed by atoms with Gasteiger partial charge in [0.15, 0.2) is 12.5 Å². The summed E-state index contributed by atoms with van der Waals surface area (Å²) in [5.41, 5.74) is 2.05. The second-order valence-electron chi connectivity index (χ2n) is 5.82.